The summed E-state index contributed by atoms with van der Waals surface area (Å²) in [5, 5.41) is 6.95. The van der Waals surface area contributed by atoms with Crippen molar-refractivity contribution in [1.29, 1.82) is 0 Å². The average Bonchev–Trinajstić information content (AvgIpc) is 3.33. The zero-order chi connectivity index (χ0) is 20.5. The van der Waals surface area contributed by atoms with Crippen LogP contribution >= 0.6 is 0 Å². The highest BCUT2D eigenvalue weighted by Crippen LogP contribution is 2.25. The standard InChI is InChI=1S/C21H23N5O3/c1-12-18(13(2)26-21(24-12)22-11-23-26)10-19(27)29-14(3)20(28)25-17-8-7-15-5-4-6-16(15)9-17/h7-9,11,14H,4-6,10H2,1-3H3,(H,25,28)/t14-/m0/s1. The highest BCUT2D eigenvalue weighted by atomic mass is 16.5. The van der Waals surface area contributed by atoms with Gasteiger partial charge < -0.3 is 10.1 Å². The van der Waals surface area contributed by atoms with Crippen LogP contribution in [-0.2, 0) is 33.6 Å². The number of nitrogens with zero attached hydrogens (tertiary/aromatic N) is 4. The molecule has 0 saturated carbocycles. The molecule has 3 aromatic rings. The van der Waals surface area contributed by atoms with Gasteiger partial charge in [-0.2, -0.15) is 10.1 Å². The van der Waals surface area contributed by atoms with Crippen LogP contribution in [0.15, 0.2) is 24.5 Å². The van der Waals surface area contributed by atoms with Crippen LogP contribution in [0.3, 0.4) is 0 Å². The second kappa shape index (κ2) is 7.62. The summed E-state index contributed by atoms with van der Waals surface area (Å²) < 4.78 is 6.94. The van der Waals surface area contributed by atoms with Gasteiger partial charge in [0.1, 0.15) is 6.33 Å². The predicted molar refractivity (Wildman–Crippen MR) is 107 cm³/mol. The number of aryl methyl sites for hydroxylation is 4. The third kappa shape index (κ3) is 3.83. The SMILES string of the molecule is Cc1nc2ncnn2c(C)c1CC(=O)O[C@@H](C)C(=O)Nc1ccc2c(c1)CCC2. The second-order valence-corrected chi connectivity index (χ2v) is 7.37. The fraction of sp³-hybridized carbons (Fsp3) is 0.381. The molecule has 8 nitrogen and oxygen atoms in total. The second-order valence-electron chi connectivity index (χ2n) is 7.37. The first kappa shape index (κ1) is 19.0. The highest BCUT2D eigenvalue weighted by molar-refractivity contribution is 5.95. The van der Waals surface area contributed by atoms with Crippen molar-refractivity contribution in [3.05, 3.63) is 52.6 Å². The molecule has 2 aromatic heterocycles. The van der Waals surface area contributed by atoms with Crippen LogP contribution in [-0.4, -0.2) is 37.6 Å². The number of hydrogen-bond donors (Lipinski definition) is 1. The number of rotatable bonds is 5. The van der Waals surface area contributed by atoms with Crippen LogP contribution in [0, 0.1) is 13.8 Å². The molecule has 1 aliphatic rings. The molecule has 1 aliphatic carbocycles. The molecule has 1 aromatic carbocycles. The summed E-state index contributed by atoms with van der Waals surface area (Å²) in [7, 11) is 0. The van der Waals surface area contributed by atoms with Gasteiger partial charge in [0.05, 0.1) is 6.42 Å². The third-order valence-corrected chi connectivity index (χ3v) is 5.35. The number of fused-ring (bicyclic) bond motifs is 2. The Morgan fingerprint density at radius 2 is 2.03 bits per heavy atom. The van der Waals surface area contributed by atoms with Crippen molar-refractivity contribution in [1.82, 2.24) is 19.6 Å². The zero-order valence-electron chi connectivity index (χ0n) is 16.7. The first-order chi connectivity index (χ1) is 13.9. The number of carbonyl (C=O) groups is 2. The summed E-state index contributed by atoms with van der Waals surface area (Å²) in [6, 6.07) is 5.94. The topological polar surface area (TPSA) is 98.5 Å². The van der Waals surface area contributed by atoms with Crippen molar-refractivity contribution in [2.75, 3.05) is 5.32 Å². The fourth-order valence-corrected chi connectivity index (χ4v) is 3.74. The normalized spacial score (nSPS) is 13.9. The van der Waals surface area contributed by atoms with Crippen molar-refractivity contribution in [2.24, 2.45) is 0 Å². The molecular weight excluding hydrogens is 370 g/mol. The van der Waals surface area contributed by atoms with Gasteiger partial charge in [-0.15, -0.1) is 0 Å². The lowest BCUT2D eigenvalue weighted by atomic mass is 10.1. The summed E-state index contributed by atoms with van der Waals surface area (Å²) in [6.45, 7) is 5.23. The van der Waals surface area contributed by atoms with E-state index in [-0.39, 0.29) is 12.3 Å². The lowest BCUT2D eigenvalue weighted by molar-refractivity contribution is -0.152. The van der Waals surface area contributed by atoms with Gasteiger partial charge in [-0.3, -0.25) is 9.59 Å². The molecule has 0 unspecified atom stereocenters. The minimum Gasteiger partial charge on any atom is -0.452 e. The van der Waals surface area contributed by atoms with Crippen LogP contribution in [0.25, 0.3) is 5.78 Å². The molecular formula is C21H23N5O3. The number of amides is 1. The van der Waals surface area contributed by atoms with Crippen molar-refractivity contribution < 1.29 is 14.3 Å². The minimum atomic E-state index is -0.903. The average molecular weight is 393 g/mol. The Morgan fingerprint density at radius 1 is 1.24 bits per heavy atom. The van der Waals surface area contributed by atoms with Crippen molar-refractivity contribution >= 4 is 23.3 Å². The van der Waals surface area contributed by atoms with Gasteiger partial charge in [0.2, 0.25) is 0 Å². The molecule has 0 bridgehead atoms. The van der Waals surface area contributed by atoms with E-state index in [2.05, 4.69) is 20.4 Å². The van der Waals surface area contributed by atoms with Gasteiger partial charge in [-0.1, -0.05) is 6.07 Å². The van der Waals surface area contributed by atoms with Gasteiger partial charge in [-0.25, -0.2) is 9.50 Å². The number of anilines is 1. The number of nitrogens with one attached hydrogen (secondary N) is 1. The third-order valence-electron chi connectivity index (χ3n) is 5.35. The maximum absolute atomic E-state index is 12.5. The van der Waals surface area contributed by atoms with E-state index in [1.54, 1.807) is 11.4 Å². The summed E-state index contributed by atoms with van der Waals surface area (Å²) >= 11 is 0. The number of ether oxygens (including phenoxy) is 1. The quantitative estimate of drug-likeness (QED) is 0.668. The molecule has 0 spiro atoms. The molecule has 1 atom stereocenters. The first-order valence-electron chi connectivity index (χ1n) is 9.70. The maximum atomic E-state index is 12.5. The van der Waals surface area contributed by atoms with Gasteiger partial charge >= 0.3 is 5.97 Å². The monoisotopic (exact) mass is 393 g/mol. The molecule has 150 valence electrons. The van der Waals surface area contributed by atoms with Gasteiger partial charge in [0, 0.05) is 22.6 Å². The van der Waals surface area contributed by atoms with Crippen LogP contribution < -0.4 is 5.32 Å². The van der Waals surface area contributed by atoms with Gasteiger partial charge in [-0.05, 0) is 63.3 Å². The van der Waals surface area contributed by atoms with Gasteiger partial charge in [0.15, 0.2) is 6.10 Å². The van der Waals surface area contributed by atoms with Crippen molar-refractivity contribution in [2.45, 2.75) is 52.6 Å². The van der Waals surface area contributed by atoms with E-state index in [0.29, 0.717) is 11.5 Å². The van der Waals surface area contributed by atoms with E-state index >= 15 is 0 Å². The minimum absolute atomic E-state index is 0.0108. The van der Waals surface area contributed by atoms with Crippen LogP contribution in [0.4, 0.5) is 5.69 Å². The van der Waals surface area contributed by atoms with E-state index in [9.17, 15) is 9.59 Å². The molecule has 0 saturated heterocycles. The van der Waals surface area contributed by atoms with E-state index in [4.69, 9.17) is 4.74 Å². The van der Waals surface area contributed by atoms with E-state index < -0.39 is 12.1 Å². The lowest BCUT2D eigenvalue weighted by Crippen LogP contribution is -2.30. The number of hydrogen-bond acceptors (Lipinski definition) is 6. The molecule has 0 fully saturated rings. The Kier molecular flexibility index (Phi) is 5.00. The van der Waals surface area contributed by atoms with Crippen LogP contribution in [0.1, 0.15) is 41.4 Å². The van der Waals surface area contributed by atoms with Crippen molar-refractivity contribution in [3.63, 3.8) is 0 Å². The Bertz CT molecular complexity index is 1110. The van der Waals surface area contributed by atoms with Crippen molar-refractivity contribution in [3.8, 4) is 0 Å². The number of esters is 1. The maximum Gasteiger partial charge on any atom is 0.311 e. The molecule has 2 heterocycles. The molecule has 8 heteroatoms. The number of aromatic nitrogens is 4. The van der Waals surface area contributed by atoms with Crippen LogP contribution in [0.2, 0.25) is 0 Å². The lowest BCUT2D eigenvalue weighted by Gasteiger charge is -2.15. The zero-order valence-corrected chi connectivity index (χ0v) is 16.7. The van der Waals surface area contributed by atoms with Crippen LogP contribution in [0.5, 0.6) is 0 Å². The highest BCUT2D eigenvalue weighted by Gasteiger charge is 2.21. The summed E-state index contributed by atoms with van der Waals surface area (Å²) in [6.07, 6.45) is 3.80. The van der Waals surface area contributed by atoms with E-state index in [1.807, 2.05) is 32.0 Å². The Balaban J connectivity index is 1.40. The molecule has 0 radical (unpaired) electrons. The molecule has 1 N–H and O–H groups in total. The summed E-state index contributed by atoms with van der Waals surface area (Å²) in [5.74, 6) is -0.358. The Morgan fingerprint density at radius 3 is 2.86 bits per heavy atom. The Labute approximate surface area is 168 Å². The fourth-order valence-electron chi connectivity index (χ4n) is 3.74. The molecule has 4 rings (SSSR count). The number of benzene rings is 1. The molecule has 29 heavy (non-hydrogen) atoms. The molecule has 0 aliphatic heterocycles. The first-order valence-corrected chi connectivity index (χ1v) is 9.70. The van der Waals surface area contributed by atoms with E-state index in [1.165, 1.54) is 17.5 Å². The molecule has 1 amide bonds. The largest absolute Gasteiger partial charge is 0.452 e. The smallest absolute Gasteiger partial charge is 0.311 e. The predicted octanol–water partition coefficient (Wildman–Crippen LogP) is 2.34. The summed E-state index contributed by atoms with van der Waals surface area (Å²) in [5.41, 5.74) is 5.53. The summed E-state index contributed by atoms with van der Waals surface area (Å²) in [4.78, 5) is 33.3. The number of carbonyl (C=O) groups excluding carboxylic acids is 2. The Hall–Kier alpha value is -3.29. The van der Waals surface area contributed by atoms with Gasteiger partial charge in [0.25, 0.3) is 11.7 Å². The van der Waals surface area contributed by atoms with E-state index in [0.717, 1.165) is 36.2 Å².